The second kappa shape index (κ2) is 5.69. The molecule has 0 bridgehead atoms. The molecule has 19 heavy (non-hydrogen) atoms. The second-order valence-electron chi connectivity index (χ2n) is 4.36. The summed E-state index contributed by atoms with van der Waals surface area (Å²) in [6, 6.07) is 6.75. The fourth-order valence-corrected chi connectivity index (χ4v) is 3.53. The van der Waals surface area contributed by atoms with Gasteiger partial charge in [0.25, 0.3) is 0 Å². The van der Waals surface area contributed by atoms with Crippen LogP contribution >= 0.6 is 22.7 Å². The zero-order valence-corrected chi connectivity index (χ0v) is 12.2. The van der Waals surface area contributed by atoms with Gasteiger partial charge in [-0.25, -0.2) is 4.98 Å². The number of rotatable bonds is 5. The average Bonchev–Trinajstić information content (AvgIpc) is 3.14. The van der Waals surface area contributed by atoms with Crippen LogP contribution in [0.25, 0.3) is 10.4 Å². The van der Waals surface area contributed by atoms with E-state index in [4.69, 9.17) is 0 Å². The fraction of sp³-hybridized carbons (Fsp3) is 0.214. The van der Waals surface area contributed by atoms with Crippen LogP contribution in [0.1, 0.15) is 23.7 Å². The third-order valence-corrected chi connectivity index (χ3v) is 4.83. The van der Waals surface area contributed by atoms with E-state index in [9.17, 15) is 0 Å². The quantitative estimate of drug-likeness (QED) is 0.744. The first-order valence-corrected chi connectivity index (χ1v) is 7.93. The van der Waals surface area contributed by atoms with Crippen LogP contribution < -0.4 is 5.32 Å². The Labute approximate surface area is 120 Å². The molecular weight excluding hydrogens is 274 g/mol. The van der Waals surface area contributed by atoms with Crippen molar-refractivity contribution in [3.05, 3.63) is 52.1 Å². The van der Waals surface area contributed by atoms with Crippen LogP contribution in [0.3, 0.4) is 0 Å². The largest absolute Gasteiger partial charge is 0.347 e. The SMILES string of the molecule is CC(NCc1cc(-c2cccs2)cs1)c1ncc[nH]1. The van der Waals surface area contributed by atoms with E-state index in [0.717, 1.165) is 12.4 Å². The Bertz CT molecular complexity index is 611. The summed E-state index contributed by atoms with van der Waals surface area (Å²) in [5, 5.41) is 7.82. The number of aromatic nitrogens is 2. The second-order valence-corrected chi connectivity index (χ2v) is 6.30. The minimum absolute atomic E-state index is 0.238. The number of thiophene rings is 2. The molecule has 3 rings (SSSR count). The van der Waals surface area contributed by atoms with Crippen molar-refractivity contribution in [1.29, 1.82) is 0 Å². The highest BCUT2D eigenvalue weighted by Crippen LogP contribution is 2.29. The third kappa shape index (κ3) is 2.94. The van der Waals surface area contributed by atoms with E-state index in [1.54, 1.807) is 28.9 Å². The molecule has 0 amide bonds. The summed E-state index contributed by atoms with van der Waals surface area (Å²) in [5.74, 6) is 0.982. The van der Waals surface area contributed by atoms with Gasteiger partial charge in [-0.15, -0.1) is 22.7 Å². The Morgan fingerprint density at radius 3 is 3.11 bits per heavy atom. The van der Waals surface area contributed by atoms with Crippen LogP contribution in [0.15, 0.2) is 41.4 Å². The topological polar surface area (TPSA) is 40.7 Å². The van der Waals surface area contributed by atoms with Crippen LogP contribution in [0.5, 0.6) is 0 Å². The lowest BCUT2D eigenvalue weighted by Crippen LogP contribution is -2.18. The molecule has 0 saturated carbocycles. The molecule has 3 aromatic rings. The molecular formula is C14H15N3S2. The molecule has 0 aliphatic rings. The van der Waals surface area contributed by atoms with Gasteiger partial charge in [-0.1, -0.05) is 6.07 Å². The Balaban J connectivity index is 1.62. The monoisotopic (exact) mass is 289 g/mol. The molecule has 0 aromatic carbocycles. The van der Waals surface area contributed by atoms with Gasteiger partial charge in [0.15, 0.2) is 0 Å². The fourth-order valence-electron chi connectivity index (χ4n) is 1.91. The van der Waals surface area contributed by atoms with E-state index in [-0.39, 0.29) is 6.04 Å². The molecule has 0 saturated heterocycles. The van der Waals surface area contributed by atoms with E-state index in [2.05, 4.69) is 51.2 Å². The van der Waals surface area contributed by atoms with Gasteiger partial charge in [0.2, 0.25) is 0 Å². The average molecular weight is 289 g/mol. The van der Waals surface area contributed by atoms with Gasteiger partial charge >= 0.3 is 0 Å². The summed E-state index contributed by atoms with van der Waals surface area (Å²) < 4.78 is 0. The molecule has 0 aliphatic heterocycles. The maximum atomic E-state index is 4.26. The number of nitrogens with zero attached hydrogens (tertiary/aromatic N) is 1. The van der Waals surface area contributed by atoms with Crippen molar-refractivity contribution < 1.29 is 0 Å². The lowest BCUT2D eigenvalue weighted by molar-refractivity contribution is 0.554. The number of H-pyrrole nitrogens is 1. The summed E-state index contributed by atoms with van der Waals surface area (Å²) >= 11 is 3.58. The van der Waals surface area contributed by atoms with E-state index < -0.39 is 0 Å². The van der Waals surface area contributed by atoms with Gasteiger partial charge in [-0.05, 0) is 29.8 Å². The van der Waals surface area contributed by atoms with E-state index in [1.165, 1.54) is 15.3 Å². The van der Waals surface area contributed by atoms with Crippen molar-refractivity contribution >= 4 is 22.7 Å². The zero-order chi connectivity index (χ0) is 13.1. The van der Waals surface area contributed by atoms with Gasteiger partial charge in [0.1, 0.15) is 5.82 Å². The van der Waals surface area contributed by atoms with Gasteiger partial charge in [-0.3, -0.25) is 0 Å². The highest BCUT2D eigenvalue weighted by atomic mass is 32.1. The van der Waals surface area contributed by atoms with Gasteiger partial charge in [0, 0.05) is 34.3 Å². The van der Waals surface area contributed by atoms with Crippen LogP contribution in [0, 0.1) is 0 Å². The van der Waals surface area contributed by atoms with Gasteiger partial charge < -0.3 is 10.3 Å². The lowest BCUT2D eigenvalue weighted by Gasteiger charge is -2.09. The van der Waals surface area contributed by atoms with Crippen molar-refractivity contribution in [2.75, 3.05) is 0 Å². The Kier molecular flexibility index (Phi) is 3.77. The lowest BCUT2D eigenvalue weighted by atomic mass is 10.2. The zero-order valence-electron chi connectivity index (χ0n) is 10.6. The predicted octanol–water partition coefficient (Wildman–Crippen LogP) is 4.05. The van der Waals surface area contributed by atoms with Crippen molar-refractivity contribution in [3.8, 4) is 10.4 Å². The summed E-state index contributed by atoms with van der Waals surface area (Å²) in [4.78, 5) is 10.1. The molecule has 0 aliphatic carbocycles. The molecule has 3 heterocycles. The Hall–Kier alpha value is -1.43. The molecule has 5 heteroatoms. The number of hydrogen-bond donors (Lipinski definition) is 2. The summed E-state index contributed by atoms with van der Waals surface area (Å²) in [6.45, 7) is 2.99. The molecule has 3 nitrogen and oxygen atoms in total. The Morgan fingerprint density at radius 1 is 1.42 bits per heavy atom. The number of hydrogen-bond acceptors (Lipinski definition) is 4. The van der Waals surface area contributed by atoms with Gasteiger partial charge in [0.05, 0.1) is 6.04 Å². The van der Waals surface area contributed by atoms with Gasteiger partial charge in [-0.2, -0.15) is 0 Å². The summed E-state index contributed by atoms with van der Waals surface area (Å²) in [7, 11) is 0. The van der Waals surface area contributed by atoms with Crippen molar-refractivity contribution in [2.45, 2.75) is 19.5 Å². The van der Waals surface area contributed by atoms with Crippen LogP contribution in [-0.2, 0) is 6.54 Å². The molecule has 2 N–H and O–H groups in total. The minimum atomic E-state index is 0.238. The van der Waals surface area contributed by atoms with Crippen LogP contribution in [0.2, 0.25) is 0 Å². The normalized spacial score (nSPS) is 12.7. The van der Waals surface area contributed by atoms with Crippen LogP contribution in [-0.4, -0.2) is 9.97 Å². The van der Waals surface area contributed by atoms with E-state index in [1.807, 2.05) is 6.20 Å². The minimum Gasteiger partial charge on any atom is -0.347 e. The van der Waals surface area contributed by atoms with E-state index >= 15 is 0 Å². The van der Waals surface area contributed by atoms with Crippen molar-refractivity contribution in [1.82, 2.24) is 15.3 Å². The Morgan fingerprint density at radius 2 is 2.37 bits per heavy atom. The maximum Gasteiger partial charge on any atom is 0.122 e. The van der Waals surface area contributed by atoms with E-state index in [0.29, 0.717) is 0 Å². The first-order chi connectivity index (χ1) is 9.33. The highest BCUT2D eigenvalue weighted by Gasteiger charge is 2.08. The molecule has 0 spiro atoms. The molecule has 1 unspecified atom stereocenters. The summed E-state index contributed by atoms with van der Waals surface area (Å²) in [6.07, 6.45) is 3.64. The van der Waals surface area contributed by atoms with Crippen molar-refractivity contribution in [2.24, 2.45) is 0 Å². The molecule has 98 valence electrons. The first kappa shape index (κ1) is 12.6. The van der Waals surface area contributed by atoms with Crippen molar-refractivity contribution in [3.63, 3.8) is 0 Å². The third-order valence-electron chi connectivity index (χ3n) is 2.97. The first-order valence-electron chi connectivity index (χ1n) is 6.17. The predicted molar refractivity (Wildman–Crippen MR) is 81.5 cm³/mol. The maximum absolute atomic E-state index is 4.26. The standard InChI is InChI=1S/C14H15N3S2/c1-10(14-15-4-5-16-14)17-8-12-7-11(9-19-12)13-3-2-6-18-13/h2-7,9-10,17H,8H2,1H3,(H,15,16). The number of imidazole rings is 1. The smallest absolute Gasteiger partial charge is 0.122 e. The molecule has 3 aromatic heterocycles. The number of nitrogens with one attached hydrogen (secondary N) is 2. The highest BCUT2D eigenvalue weighted by molar-refractivity contribution is 7.14. The van der Waals surface area contributed by atoms with Crippen LogP contribution in [0.4, 0.5) is 0 Å². The molecule has 0 fully saturated rings. The number of aromatic amines is 1. The summed E-state index contributed by atoms with van der Waals surface area (Å²) in [5.41, 5.74) is 1.32. The molecule has 0 radical (unpaired) electrons. The molecule has 1 atom stereocenters.